The molecule has 1 atom stereocenters. The van der Waals surface area contributed by atoms with Crippen LogP contribution in [0.25, 0.3) is 0 Å². The summed E-state index contributed by atoms with van der Waals surface area (Å²) in [5.74, 6) is 2.32. The van der Waals surface area contributed by atoms with Crippen molar-refractivity contribution in [3.8, 4) is 0 Å². The Balaban J connectivity index is 2.01. The van der Waals surface area contributed by atoms with E-state index >= 15 is 0 Å². The first-order chi connectivity index (χ1) is 8.99. The van der Waals surface area contributed by atoms with Crippen LogP contribution in [0, 0.1) is 24.7 Å². The smallest absolute Gasteiger partial charge is 0.0438 e. The zero-order valence-electron chi connectivity index (χ0n) is 12.3. The van der Waals surface area contributed by atoms with Gasteiger partial charge in [0.2, 0.25) is 0 Å². The molecule has 0 amide bonds. The highest BCUT2D eigenvalue weighted by atomic mass is 35.5. The molecule has 2 rings (SSSR count). The molecule has 106 valence electrons. The first kappa shape index (κ1) is 14.9. The number of rotatable bonds is 3. The Bertz CT molecular complexity index is 419. The molecule has 2 N–H and O–H groups in total. The molecule has 0 aromatic heterocycles. The van der Waals surface area contributed by atoms with Crippen LogP contribution < -0.4 is 5.73 Å². The van der Waals surface area contributed by atoms with Crippen molar-refractivity contribution in [2.45, 2.75) is 52.5 Å². The lowest BCUT2D eigenvalue weighted by Crippen LogP contribution is -2.27. The molecule has 0 heterocycles. The van der Waals surface area contributed by atoms with Gasteiger partial charge in [0.25, 0.3) is 0 Å². The maximum atomic E-state index is 6.45. The predicted octanol–water partition coefficient (Wildman–Crippen LogP) is 5.11. The van der Waals surface area contributed by atoms with Gasteiger partial charge in [-0.05, 0) is 67.6 Å². The lowest BCUT2D eigenvalue weighted by Gasteiger charge is -2.34. The van der Waals surface area contributed by atoms with E-state index in [4.69, 9.17) is 17.3 Å². The number of hydrogen-bond donors (Lipinski definition) is 1. The Morgan fingerprint density at radius 2 is 1.68 bits per heavy atom. The molecule has 0 saturated heterocycles. The summed E-state index contributed by atoms with van der Waals surface area (Å²) >= 11 is 6.21. The molecule has 19 heavy (non-hydrogen) atoms. The molecule has 0 bridgehead atoms. The van der Waals surface area contributed by atoms with Crippen LogP contribution in [0.15, 0.2) is 18.2 Å². The number of hydrogen-bond acceptors (Lipinski definition) is 1. The molecule has 1 aliphatic carbocycles. The van der Waals surface area contributed by atoms with Gasteiger partial charge in [0.05, 0.1) is 0 Å². The highest BCUT2D eigenvalue weighted by Gasteiger charge is 2.27. The number of benzene rings is 1. The Hall–Kier alpha value is -0.530. The van der Waals surface area contributed by atoms with Crippen LogP contribution in [0.1, 0.15) is 56.7 Å². The first-order valence-corrected chi connectivity index (χ1v) is 7.88. The minimum absolute atomic E-state index is 0.145. The molecule has 1 nitrogen and oxygen atoms in total. The monoisotopic (exact) mass is 279 g/mol. The maximum Gasteiger partial charge on any atom is 0.0438 e. The highest BCUT2D eigenvalue weighted by Crippen LogP contribution is 2.38. The van der Waals surface area contributed by atoms with Gasteiger partial charge in [-0.25, -0.2) is 0 Å². The van der Waals surface area contributed by atoms with Crippen LogP contribution >= 0.6 is 11.6 Å². The van der Waals surface area contributed by atoms with E-state index in [1.54, 1.807) is 0 Å². The van der Waals surface area contributed by atoms with E-state index in [1.165, 1.54) is 31.2 Å². The molecular weight excluding hydrogens is 254 g/mol. The zero-order valence-corrected chi connectivity index (χ0v) is 13.1. The summed E-state index contributed by atoms with van der Waals surface area (Å²) in [5.41, 5.74) is 8.78. The largest absolute Gasteiger partial charge is 0.324 e. The van der Waals surface area contributed by atoms with E-state index in [0.29, 0.717) is 5.92 Å². The summed E-state index contributed by atoms with van der Waals surface area (Å²) in [5, 5.41) is 0.837. The lowest BCUT2D eigenvalue weighted by molar-refractivity contribution is 0.203. The van der Waals surface area contributed by atoms with Gasteiger partial charge in [-0.15, -0.1) is 0 Å². The van der Waals surface area contributed by atoms with Crippen LogP contribution in [0.3, 0.4) is 0 Å². The summed E-state index contributed by atoms with van der Waals surface area (Å²) < 4.78 is 0. The second-order valence-electron chi connectivity index (χ2n) is 6.45. The number of aryl methyl sites for hydroxylation is 1. The number of nitrogens with two attached hydrogens (primary N) is 1. The van der Waals surface area contributed by atoms with Crippen molar-refractivity contribution in [1.82, 2.24) is 0 Å². The van der Waals surface area contributed by atoms with Crippen molar-refractivity contribution in [2.24, 2.45) is 23.5 Å². The fourth-order valence-electron chi connectivity index (χ4n) is 3.26. The fourth-order valence-corrected chi connectivity index (χ4v) is 3.45. The SMILES string of the molecule is Cc1ccc(C(N)C2CCC(C(C)C)CC2)cc1Cl. The van der Waals surface area contributed by atoms with Gasteiger partial charge in [-0.1, -0.05) is 37.6 Å². The molecule has 1 aromatic rings. The highest BCUT2D eigenvalue weighted by molar-refractivity contribution is 6.31. The van der Waals surface area contributed by atoms with E-state index in [0.717, 1.165) is 22.4 Å². The van der Waals surface area contributed by atoms with E-state index in [1.807, 2.05) is 6.92 Å². The summed E-state index contributed by atoms with van der Waals surface area (Å²) in [7, 11) is 0. The number of halogens is 1. The van der Waals surface area contributed by atoms with Crippen LogP contribution in [-0.4, -0.2) is 0 Å². The fraction of sp³-hybridized carbons (Fsp3) is 0.647. The average Bonchev–Trinajstić information content (AvgIpc) is 2.41. The topological polar surface area (TPSA) is 26.0 Å². The molecule has 1 aromatic carbocycles. The van der Waals surface area contributed by atoms with Crippen molar-refractivity contribution in [3.05, 3.63) is 34.3 Å². The van der Waals surface area contributed by atoms with Crippen molar-refractivity contribution in [1.29, 1.82) is 0 Å². The summed E-state index contributed by atoms with van der Waals surface area (Å²) in [4.78, 5) is 0. The van der Waals surface area contributed by atoms with Crippen LogP contribution in [0.2, 0.25) is 5.02 Å². The normalized spacial score (nSPS) is 25.6. The Morgan fingerprint density at radius 1 is 1.11 bits per heavy atom. The zero-order chi connectivity index (χ0) is 14.0. The molecular formula is C17H26ClN. The third kappa shape index (κ3) is 3.52. The average molecular weight is 280 g/mol. The molecule has 0 radical (unpaired) electrons. The Kier molecular flexibility index (Phi) is 4.92. The Morgan fingerprint density at radius 3 is 2.21 bits per heavy atom. The molecule has 2 heteroatoms. The van der Waals surface area contributed by atoms with Gasteiger partial charge in [0.15, 0.2) is 0 Å². The minimum atomic E-state index is 0.145. The van der Waals surface area contributed by atoms with Crippen molar-refractivity contribution < 1.29 is 0 Å². The molecule has 1 fully saturated rings. The predicted molar refractivity (Wildman–Crippen MR) is 83.4 cm³/mol. The van der Waals surface area contributed by atoms with Crippen LogP contribution in [0.4, 0.5) is 0 Å². The van der Waals surface area contributed by atoms with Gasteiger partial charge < -0.3 is 5.73 Å². The van der Waals surface area contributed by atoms with Gasteiger partial charge in [0, 0.05) is 11.1 Å². The molecule has 0 aliphatic heterocycles. The third-order valence-electron chi connectivity index (χ3n) is 4.85. The van der Waals surface area contributed by atoms with E-state index in [2.05, 4.69) is 32.0 Å². The van der Waals surface area contributed by atoms with E-state index < -0.39 is 0 Å². The first-order valence-electron chi connectivity index (χ1n) is 7.50. The van der Waals surface area contributed by atoms with Crippen LogP contribution in [0.5, 0.6) is 0 Å². The Labute approximate surface area is 122 Å². The second kappa shape index (κ2) is 6.28. The molecule has 1 saturated carbocycles. The van der Waals surface area contributed by atoms with E-state index in [9.17, 15) is 0 Å². The maximum absolute atomic E-state index is 6.45. The molecule has 1 unspecified atom stereocenters. The molecule has 0 spiro atoms. The van der Waals surface area contributed by atoms with Gasteiger partial charge in [-0.2, -0.15) is 0 Å². The summed E-state index contributed by atoms with van der Waals surface area (Å²) in [6.45, 7) is 6.71. The second-order valence-corrected chi connectivity index (χ2v) is 6.86. The van der Waals surface area contributed by atoms with Crippen molar-refractivity contribution in [2.75, 3.05) is 0 Å². The summed E-state index contributed by atoms with van der Waals surface area (Å²) in [6.07, 6.45) is 5.18. The van der Waals surface area contributed by atoms with Crippen LogP contribution in [-0.2, 0) is 0 Å². The molecule has 1 aliphatic rings. The van der Waals surface area contributed by atoms with Gasteiger partial charge >= 0.3 is 0 Å². The summed E-state index contributed by atoms with van der Waals surface area (Å²) in [6, 6.07) is 6.42. The van der Waals surface area contributed by atoms with Crippen molar-refractivity contribution in [3.63, 3.8) is 0 Å². The minimum Gasteiger partial charge on any atom is -0.324 e. The third-order valence-corrected chi connectivity index (χ3v) is 5.26. The quantitative estimate of drug-likeness (QED) is 0.817. The standard InChI is InChI=1S/C17H26ClN/c1-11(2)13-6-8-14(9-7-13)17(19)15-5-4-12(3)16(18)10-15/h4-5,10-11,13-14,17H,6-9,19H2,1-3H3. The van der Waals surface area contributed by atoms with Gasteiger partial charge in [0.1, 0.15) is 0 Å². The van der Waals surface area contributed by atoms with Crippen molar-refractivity contribution >= 4 is 11.6 Å². The van der Waals surface area contributed by atoms with Gasteiger partial charge in [-0.3, -0.25) is 0 Å². The van der Waals surface area contributed by atoms with E-state index in [-0.39, 0.29) is 6.04 Å². The lowest BCUT2D eigenvalue weighted by atomic mass is 9.73.